The second-order valence-corrected chi connectivity index (χ2v) is 4.72. The fourth-order valence-electron chi connectivity index (χ4n) is 2.26. The zero-order chi connectivity index (χ0) is 15.3. The second-order valence-electron chi connectivity index (χ2n) is 4.72. The molecule has 0 aromatic carbocycles. The van der Waals surface area contributed by atoms with Crippen LogP contribution in [0.2, 0.25) is 0 Å². The number of carbonyl (C=O) groups excluding carboxylic acids is 2. The Morgan fingerprint density at radius 3 is 2.50 bits per heavy atom. The molecule has 0 radical (unpaired) electrons. The molecular formula is C12H19F3N2O3. The fraction of sp³-hybridized carbons (Fsp3) is 0.833. The minimum Gasteiger partial charge on any atom is -0.372 e. The summed E-state index contributed by atoms with van der Waals surface area (Å²) < 4.78 is 43.7. The van der Waals surface area contributed by atoms with E-state index in [4.69, 9.17) is 4.74 Å². The van der Waals surface area contributed by atoms with E-state index in [0.29, 0.717) is 0 Å². The quantitative estimate of drug-likeness (QED) is 0.844. The molecule has 1 fully saturated rings. The number of nitrogens with zero attached hydrogens (tertiary/aromatic N) is 1. The number of rotatable bonds is 4. The third-order valence-corrected chi connectivity index (χ3v) is 3.12. The molecule has 20 heavy (non-hydrogen) atoms. The first-order valence-electron chi connectivity index (χ1n) is 6.46. The van der Waals surface area contributed by atoms with Gasteiger partial charge in [0.15, 0.2) is 0 Å². The van der Waals surface area contributed by atoms with Crippen molar-refractivity contribution in [2.24, 2.45) is 0 Å². The van der Waals surface area contributed by atoms with Crippen molar-refractivity contribution in [1.82, 2.24) is 10.2 Å². The van der Waals surface area contributed by atoms with Crippen LogP contribution in [0.4, 0.5) is 13.2 Å². The van der Waals surface area contributed by atoms with Gasteiger partial charge in [-0.1, -0.05) is 0 Å². The van der Waals surface area contributed by atoms with E-state index in [2.05, 4.69) is 5.32 Å². The molecule has 8 heteroatoms. The van der Waals surface area contributed by atoms with Crippen LogP contribution in [0.5, 0.6) is 0 Å². The van der Waals surface area contributed by atoms with Gasteiger partial charge in [-0.05, 0) is 19.8 Å². The van der Waals surface area contributed by atoms with Crippen molar-refractivity contribution in [2.75, 3.05) is 19.8 Å². The summed E-state index contributed by atoms with van der Waals surface area (Å²) in [6, 6.07) is -2.25. The number of ether oxygens (including phenoxy) is 1. The molecule has 0 aromatic heterocycles. The minimum atomic E-state index is -4.47. The molecular weight excluding hydrogens is 277 g/mol. The molecule has 1 aliphatic rings. The highest BCUT2D eigenvalue weighted by atomic mass is 19.4. The molecule has 0 spiro atoms. The van der Waals surface area contributed by atoms with E-state index >= 15 is 0 Å². The van der Waals surface area contributed by atoms with Crippen LogP contribution in [0.15, 0.2) is 0 Å². The van der Waals surface area contributed by atoms with Crippen LogP contribution in [0.3, 0.4) is 0 Å². The summed E-state index contributed by atoms with van der Waals surface area (Å²) in [6.07, 6.45) is -4.49. The fourth-order valence-corrected chi connectivity index (χ4v) is 2.26. The van der Waals surface area contributed by atoms with Gasteiger partial charge in [0.05, 0.1) is 0 Å². The predicted molar refractivity (Wildman–Crippen MR) is 64.9 cm³/mol. The average molecular weight is 296 g/mol. The van der Waals surface area contributed by atoms with Crippen molar-refractivity contribution >= 4 is 11.8 Å². The Labute approximate surface area is 115 Å². The van der Waals surface area contributed by atoms with E-state index in [1.165, 1.54) is 6.92 Å². The van der Waals surface area contributed by atoms with Gasteiger partial charge >= 0.3 is 6.18 Å². The minimum absolute atomic E-state index is 0.143. The number of carbonyl (C=O) groups is 2. The number of piperidine rings is 1. The van der Waals surface area contributed by atoms with Crippen LogP contribution in [0.1, 0.15) is 26.7 Å². The van der Waals surface area contributed by atoms with Crippen molar-refractivity contribution in [3.05, 3.63) is 0 Å². The zero-order valence-corrected chi connectivity index (χ0v) is 11.5. The molecule has 2 unspecified atom stereocenters. The van der Waals surface area contributed by atoms with Crippen molar-refractivity contribution in [3.8, 4) is 0 Å². The van der Waals surface area contributed by atoms with Gasteiger partial charge in [-0.2, -0.15) is 13.2 Å². The third-order valence-electron chi connectivity index (χ3n) is 3.12. The van der Waals surface area contributed by atoms with Gasteiger partial charge in [0.25, 0.3) is 0 Å². The highest BCUT2D eigenvalue weighted by Crippen LogP contribution is 2.32. The molecule has 116 valence electrons. The number of likely N-dealkylation sites (tertiary alicyclic amines) is 1. The summed E-state index contributed by atoms with van der Waals surface area (Å²) in [5.41, 5.74) is 0. The molecule has 1 aliphatic heterocycles. The summed E-state index contributed by atoms with van der Waals surface area (Å²) in [4.78, 5) is 23.6. The van der Waals surface area contributed by atoms with E-state index in [1.54, 1.807) is 6.92 Å². The smallest absolute Gasteiger partial charge is 0.372 e. The normalized spacial score (nSPS) is 23.6. The Morgan fingerprint density at radius 1 is 1.35 bits per heavy atom. The summed E-state index contributed by atoms with van der Waals surface area (Å²) in [5, 5.41) is 2.55. The first kappa shape index (κ1) is 16.7. The summed E-state index contributed by atoms with van der Waals surface area (Å²) >= 11 is 0. The molecule has 2 amide bonds. The van der Waals surface area contributed by atoms with Crippen LogP contribution in [0.25, 0.3) is 0 Å². The predicted octanol–water partition coefficient (Wildman–Crippen LogP) is 1.08. The van der Waals surface area contributed by atoms with Crippen LogP contribution in [0, 0.1) is 0 Å². The largest absolute Gasteiger partial charge is 0.408 e. The molecule has 1 N–H and O–H groups in total. The number of amides is 2. The molecule has 2 atom stereocenters. The second kappa shape index (κ2) is 6.92. The Hall–Kier alpha value is -1.31. The highest BCUT2D eigenvalue weighted by molar-refractivity contribution is 5.78. The number of halogens is 3. The number of alkyl halides is 3. The molecule has 1 saturated heterocycles. The topological polar surface area (TPSA) is 58.6 Å². The third kappa shape index (κ3) is 4.66. The van der Waals surface area contributed by atoms with Crippen LogP contribution in [-0.4, -0.2) is 54.7 Å². The van der Waals surface area contributed by atoms with Crippen molar-refractivity contribution in [1.29, 1.82) is 0 Å². The molecule has 1 heterocycles. The number of hydrogen-bond donors (Lipinski definition) is 1. The maximum atomic E-state index is 12.9. The van der Waals surface area contributed by atoms with E-state index in [9.17, 15) is 22.8 Å². The lowest BCUT2D eigenvalue weighted by Gasteiger charge is -2.40. The average Bonchev–Trinajstić information content (AvgIpc) is 2.33. The van der Waals surface area contributed by atoms with Gasteiger partial charge < -0.3 is 15.0 Å². The van der Waals surface area contributed by atoms with Crippen LogP contribution in [-0.2, 0) is 14.3 Å². The van der Waals surface area contributed by atoms with Gasteiger partial charge in [-0.3, -0.25) is 9.59 Å². The lowest BCUT2D eigenvalue weighted by Crippen LogP contribution is -2.58. The lowest BCUT2D eigenvalue weighted by atomic mass is 9.97. The lowest BCUT2D eigenvalue weighted by molar-refractivity contribution is -0.199. The standard InChI is InChI=1S/C12H19F3N2O3/c1-3-20-7-11(19)17-6-9(16-8(2)18)4-5-10(17)12(13,14)15/h9-10H,3-7H2,1-2H3,(H,16,18). The highest BCUT2D eigenvalue weighted by Gasteiger charge is 2.48. The number of hydrogen-bond acceptors (Lipinski definition) is 3. The monoisotopic (exact) mass is 296 g/mol. The Morgan fingerprint density at radius 2 is 2.00 bits per heavy atom. The number of nitrogens with one attached hydrogen (secondary N) is 1. The Balaban J connectivity index is 2.77. The van der Waals surface area contributed by atoms with E-state index in [-0.39, 0.29) is 38.5 Å². The van der Waals surface area contributed by atoms with Gasteiger partial charge in [0, 0.05) is 26.1 Å². The van der Waals surface area contributed by atoms with Crippen LogP contribution >= 0.6 is 0 Å². The first-order valence-corrected chi connectivity index (χ1v) is 6.46. The molecule has 0 saturated carbocycles. The SMILES string of the molecule is CCOCC(=O)N1CC(NC(C)=O)CCC1C(F)(F)F. The van der Waals surface area contributed by atoms with Crippen molar-refractivity contribution in [2.45, 2.75) is 44.9 Å². The van der Waals surface area contributed by atoms with Crippen molar-refractivity contribution < 1.29 is 27.5 Å². The van der Waals surface area contributed by atoms with Gasteiger partial charge in [-0.15, -0.1) is 0 Å². The molecule has 0 bridgehead atoms. The molecule has 1 rings (SSSR count). The zero-order valence-electron chi connectivity index (χ0n) is 11.5. The molecule has 0 aliphatic carbocycles. The summed E-state index contributed by atoms with van der Waals surface area (Å²) in [5.74, 6) is -1.03. The summed E-state index contributed by atoms with van der Waals surface area (Å²) in [6.45, 7) is 2.68. The molecule has 5 nitrogen and oxygen atoms in total. The first-order chi connectivity index (χ1) is 9.25. The van der Waals surface area contributed by atoms with E-state index < -0.39 is 24.2 Å². The summed E-state index contributed by atoms with van der Waals surface area (Å²) in [7, 11) is 0. The van der Waals surface area contributed by atoms with Crippen LogP contribution < -0.4 is 5.32 Å². The molecule has 0 aromatic rings. The van der Waals surface area contributed by atoms with Crippen molar-refractivity contribution in [3.63, 3.8) is 0 Å². The van der Waals surface area contributed by atoms with Gasteiger partial charge in [0.2, 0.25) is 11.8 Å². The van der Waals surface area contributed by atoms with Gasteiger partial charge in [-0.25, -0.2) is 0 Å². The van der Waals surface area contributed by atoms with Gasteiger partial charge in [0.1, 0.15) is 12.6 Å². The maximum absolute atomic E-state index is 12.9. The Bertz CT molecular complexity index is 360. The Kier molecular flexibility index (Phi) is 5.79. The maximum Gasteiger partial charge on any atom is 0.408 e. The van der Waals surface area contributed by atoms with E-state index in [0.717, 1.165) is 4.90 Å². The van der Waals surface area contributed by atoms with E-state index in [1.807, 2.05) is 0 Å².